The van der Waals surface area contributed by atoms with Crippen molar-refractivity contribution < 1.29 is 0 Å². The minimum Gasteiger partial charge on any atom is -0.378 e. The van der Waals surface area contributed by atoms with E-state index >= 15 is 0 Å². The number of anilines is 1. The quantitative estimate of drug-likeness (QED) is 0.796. The molecule has 0 N–H and O–H groups in total. The maximum absolute atomic E-state index is 8.74. The molecule has 2 aromatic rings. The van der Waals surface area contributed by atoms with Crippen molar-refractivity contribution in [1.29, 1.82) is 5.26 Å². The van der Waals surface area contributed by atoms with E-state index in [4.69, 9.17) is 5.26 Å². The van der Waals surface area contributed by atoms with Crippen LogP contribution in [0.1, 0.15) is 11.1 Å². The zero-order valence-electron chi connectivity index (χ0n) is 11.2. The predicted molar refractivity (Wildman–Crippen MR) is 83.1 cm³/mol. The van der Waals surface area contributed by atoms with Gasteiger partial charge < -0.3 is 4.90 Å². The third-order valence-electron chi connectivity index (χ3n) is 2.92. The SMILES string of the molecule is CN(C)c1cc[si](/C=C/c2ccc(C#N)cc2)cc1. The Balaban J connectivity index is 2.11. The minimum atomic E-state index is -0.681. The molecule has 0 bridgehead atoms. The van der Waals surface area contributed by atoms with Crippen molar-refractivity contribution in [1.82, 2.24) is 0 Å². The first kappa shape index (κ1) is 13.3. The van der Waals surface area contributed by atoms with Crippen molar-refractivity contribution in [2.45, 2.75) is 0 Å². The molecule has 0 unspecified atom stereocenters. The molecule has 3 heteroatoms. The second kappa shape index (κ2) is 6.12. The van der Waals surface area contributed by atoms with Gasteiger partial charge in [-0.3, -0.25) is 0 Å². The standard InChI is InChI=1S/C16H16N2Si/c1-18(2)16-8-11-19(12-9-16)10-7-14-3-5-15(13-17)6-4-14/h3-12H,1-2H3/b10-7+. The molecule has 1 aromatic heterocycles. The molecule has 0 amide bonds. The van der Waals surface area contributed by atoms with Crippen LogP contribution >= 0.6 is 0 Å². The molecule has 0 radical (unpaired) electrons. The van der Waals surface area contributed by atoms with Crippen LogP contribution in [0.2, 0.25) is 0 Å². The Bertz CT molecular complexity index is 605. The average Bonchev–Trinajstić information content (AvgIpc) is 2.46. The first-order valence-electron chi connectivity index (χ1n) is 6.15. The Kier molecular flexibility index (Phi) is 4.27. The van der Waals surface area contributed by atoms with Crippen LogP contribution in [0.15, 0.2) is 47.8 Å². The summed E-state index contributed by atoms with van der Waals surface area (Å²) in [5.74, 6) is 0. The van der Waals surface area contributed by atoms with E-state index in [1.54, 1.807) is 0 Å². The number of hydrogen-bond donors (Lipinski definition) is 0. The molecule has 2 nitrogen and oxygen atoms in total. The normalized spacial score (nSPS) is 10.4. The molecule has 94 valence electrons. The van der Waals surface area contributed by atoms with Crippen LogP contribution in [0.25, 0.3) is 11.8 Å². The summed E-state index contributed by atoms with van der Waals surface area (Å²) in [7, 11) is 3.42. The van der Waals surface area contributed by atoms with E-state index in [1.807, 2.05) is 38.4 Å². The summed E-state index contributed by atoms with van der Waals surface area (Å²) in [6.07, 6.45) is 2.13. The summed E-state index contributed by atoms with van der Waals surface area (Å²) < 4.78 is 0. The van der Waals surface area contributed by atoms with Crippen LogP contribution < -0.4 is 4.90 Å². The zero-order valence-corrected chi connectivity index (χ0v) is 12.2. The fraction of sp³-hybridized carbons (Fsp3) is 0.125. The van der Waals surface area contributed by atoms with Crippen molar-refractivity contribution in [2.24, 2.45) is 0 Å². The Hall–Kier alpha value is -2.18. The highest BCUT2D eigenvalue weighted by Gasteiger charge is 1.94. The highest BCUT2D eigenvalue weighted by atomic mass is 28.2. The molecule has 0 fully saturated rings. The number of hydrogen-bond acceptors (Lipinski definition) is 2. The molecule has 0 aliphatic rings. The molecule has 0 saturated carbocycles. The fourth-order valence-electron chi connectivity index (χ4n) is 1.74. The smallest absolute Gasteiger partial charge is 0.0991 e. The Morgan fingerprint density at radius 2 is 1.68 bits per heavy atom. The van der Waals surface area contributed by atoms with E-state index in [-0.39, 0.29) is 0 Å². The van der Waals surface area contributed by atoms with Gasteiger partial charge in [0.15, 0.2) is 0 Å². The van der Waals surface area contributed by atoms with Crippen molar-refractivity contribution in [3.63, 3.8) is 0 Å². The van der Waals surface area contributed by atoms with Crippen LogP contribution in [-0.4, -0.2) is 22.5 Å². The van der Waals surface area contributed by atoms with Crippen LogP contribution in [0, 0.1) is 11.3 Å². The lowest BCUT2D eigenvalue weighted by atomic mass is 10.1. The van der Waals surface area contributed by atoms with Gasteiger partial charge in [0.25, 0.3) is 0 Å². The maximum Gasteiger partial charge on any atom is 0.0991 e. The molecule has 0 atom stereocenters. The highest BCUT2D eigenvalue weighted by molar-refractivity contribution is 6.66. The topological polar surface area (TPSA) is 27.0 Å². The first-order valence-corrected chi connectivity index (χ1v) is 7.88. The number of rotatable bonds is 3. The monoisotopic (exact) mass is 264 g/mol. The van der Waals surface area contributed by atoms with Gasteiger partial charge in [-0.15, -0.1) is 0 Å². The van der Waals surface area contributed by atoms with Gasteiger partial charge in [-0.05, 0) is 29.8 Å². The number of benzene rings is 1. The van der Waals surface area contributed by atoms with E-state index in [1.165, 1.54) is 5.69 Å². The van der Waals surface area contributed by atoms with E-state index in [0.717, 1.165) is 5.56 Å². The first-order chi connectivity index (χ1) is 9.19. The van der Waals surface area contributed by atoms with Gasteiger partial charge in [-0.1, -0.05) is 35.3 Å². The summed E-state index contributed by atoms with van der Waals surface area (Å²) >= 11 is 0. The van der Waals surface area contributed by atoms with Gasteiger partial charge in [0.1, 0.15) is 0 Å². The van der Waals surface area contributed by atoms with E-state index in [2.05, 4.69) is 46.2 Å². The third kappa shape index (κ3) is 3.64. The van der Waals surface area contributed by atoms with Crippen LogP contribution in [0.3, 0.4) is 0 Å². The van der Waals surface area contributed by atoms with E-state index in [9.17, 15) is 0 Å². The van der Waals surface area contributed by atoms with Crippen molar-refractivity contribution >= 4 is 25.9 Å². The summed E-state index contributed by atoms with van der Waals surface area (Å²) in [5, 5.41) is 8.74. The minimum absolute atomic E-state index is 0.681. The van der Waals surface area contributed by atoms with Gasteiger partial charge in [-0.2, -0.15) is 5.26 Å². The average molecular weight is 264 g/mol. The molecule has 0 aliphatic heterocycles. The second-order valence-corrected chi connectivity index (χ2v) is 6.55. The summed E-state index contributed by atoms with van der Waals surface area (Å²) in [5.41, 5.74) is 9.89. The van der Waals surface area contributed by atoms with Gasteiger partial charge in [0.2, 0.25) is 0 Å². The highest BCUT2D eigenvalue weighted by Crippen LogP contribution is 2.10. The van der Waals surface area contributed by atoms with Gasteiger partial charge in [-0.25, -0.2) is 0 Å². The molecule has 2 rings (SSSR count). The third-order valence-corrected chi connectivity index (χ3v) is 4.57. The maximum atomic E-state index is 8.74. The van der Waals surface area contributed by atoms with Gasteiger partial charge >= 0.3 is 0 Å². The van der Waals surface area contributed by atoms with Crippen LogP contribution in [0.5, 0.6) is 0 Å². The second-order valence-electron chi connectivity index (χ2n) is 4.55. The summed E-state index contributed by atoms with van der Waals surface area (Å²) in [6, 6.07) is 14.1. The van der Waals surface area contributed by atoms with Crippen molar-refractivity contribution in [2.75, 3.05) is 19.0 Å². The van der Waals surface area contributed by atoms with Gasteiger partial charge in [0, 0.05) is 19.8 Å². The Morgan fingerprint density at radius 3 is 2.21 bits per heavy atom. The van der Waals surface area contributed by atoms with E-state index in [0.29, 0.717) is 5.56 Å². The lowest BCUT2D eigenvalue weighted by molar-refractivity contribution is 1.13. The van der Waals surface area contributed by atoms with Crippen molar-refractivity contribution in [3.8, 4) is 6.07 Å². The molecular weight excluding hydrogens is 248 g/mol. The summed E-state index contributed by atoms with van der Waals surface area (Å²) in [6.45, 7) is 0. The largest absolute Gasteiger partial charge is 0.378 e. The zero-order chi connectivity index (χ0) is 13.7. The van der Waals surface area contributed by atoms with Crippen LogP contribution in [-0.2, 0) is 0 Å². The van der Waals surface area contributed by atoms with Crippen LogP contribution in [0.4, 0.5) is 5.69 Å². The molecule has 0 spiro atoms. The predicted octanol–water partition coefficient (Wildman–Crippen LogP) is 3.28. The fourth-order valence-corrected chi connectivity index (χ4v) is 3.19. The molecule has 1 heterocycles. The molecule has 0 aliphatic carbocycles. The summed E-state index contributed by atoms with van der Waals surface area (Å²) in [4.78, 5) is 2.11. The lowest BCUT2D eigenvalue weighted by Crippen LogP contribution is -2.08. The Morgan fingerprint density at radius 1 is 1.05 bits per heavy atom. The molecule has 0 saturated heterocycles. The van der Waals surface area contributed by atoms with E-state index < -0.39 is 8.40 Å². The Labute approximate surface area is 115 Å². The van der Waals surface area contributed by atoms with Gasteiger partial charge in [0.05, 0.1) is 20.0 Å². The number of nitrogens with zero attached hydrogens (tertiary/aromatic N) is 2. The lowest BCUT2D eigenvalue weighted by Gasteiger charge is -2.11. The number of nitriles is 1. The van der Waals surface area contributed by atoms with Crippen molar-refractivity contribution in [3.05, 3.63) is 58.9 Å². The molecule has 19 heavy (non-hydrogen) atoms. The molecular formula is C16H16N2Si. The molecule has 1 aromatic carbocycles.